The first kappa shape index (κ1) is 10.9. The number of ether oxygens (including phenoxy) is 1. The molecule has 0 aromatic rings. The second-order valence-corrected chi connectivity index (χ2v) is 3.92. The fraction of sp³-hybridized carbons (Fsp3) is 0.385. The van der Waals surface area contributed by atoms with E-state index in [1.165, 1.54) is 0 Å². The van der Waals surface area contributed by atoms with Crippen molar-refractivity contribution in [2.75, 3.05) is 6.61 Å². The van der Waals surface area contributed by atoms with Crippen LogP contribution in [0.1, 0.15) is 13.3 Å². The Kier molecular flexibility index (Phi) is 3.04. The highest BCUT2D eigenvalue weighted by molar-refractivity contribution is 5.97. The largest absolute Gasteiger partial charge is 0.463 e. The van der Waals surface area contributed by atoms with Gasteiger partial charge in [-0.2, -0.15) is 0 Å². The fourth-order valence-electron chi connectivity index (χ4n) is 2.02. The maximum Gasteiger partial charge on any atom is 0.333 e. The highest BCUT2D eigenvalue weighted by Gasteiger charge is 2.31. The van der Waals surface area contributed by atoms with Crippen molar-refractivity contribution in [3.8, 4) is 0 Å². The molecule has 0 spiro atoms. The standard InChI is InChI=1S/C13H14O3/c1-2-16-13(15)11-7-9-5-3-4-6-10(8-11)12(9)14/h3-7,9-10H,2,8H2,1H3/t9-,10+/m0/s1. The monoisotopic (exact) mass is 218 g/mol. The van der Waals surface area contributed by atoms with Gasteiger partial charge in [-0.1, -0.05) is 30.4 Å². The van der Waals surface area contributed by atoms with Crippen molar-refractivity contribution in [3.05, 3.63) is 36.0 Å². The normalized spacial score (nSPS) is 27.3. The summed E-state index contributed by atoms with van der Waals surface area (Å²) in [4.78, 5) is 23.5. The molecule has 0 saturated carbocycles. The van der Waals surface area contributed by atoms with Gasteiger partial charge in [0.1, 0.15) is 0 Å². The van der Waals surface area contributed by atoms with Gasteiger partial charge in [-0.05, 0) is 13.3 Å². The lowest BCUT2D eigenvalue weighted by Crippen LogP contribution is -2.27. The number of rotatable bonds is 2. The van der Waals surface area contributed by atoms with E-state index in [1.807, 2.05) is 24.3 Å². The first-order chi connectivity index (χ1) is 7.72. The highest BCUT2D eigenvalue weighted by Crippen LogP contribution is 2.29. The Balaban J connectivity index is 2.25. The summed E-state index contributed by atoms with van der Waals surface area (Å²) in [7, 11) is 0. The molecule has 2 rings (SSSR count). The van der Waals surface area contributed by atoms with Crippen LogP contribution in [0.2, 0.25) is 0 Å². The van der Waals surface area contributed by atoms with E-state index < -0.39 is 0 Å². The lowest BCUT2D eigenvalue weighted by molar-refractivity contribution is -0.139. The molecule has 3 nitrogen and oxygen atoms in total. The van der Waals surface area contributed by atoms with E-state index in [-0.39, 0.29) is 23.6 Å². The van der Waals surface area contributed by atoms with E-state index in [2.05, 4.69) is 0 Å². The quantitative estimate of drug-likeness (QED) is 0.664. The van der Waals surface area contributed by atoms with Crippen LogP contribution in [0.15, 0.2) is 36.0 Å². The molecule has 2 aliphatic carbocycles. The molecule has 2 aliphatic rings. The summed E-state index contributed by atoms with van der Waals surface area (Å²) in [5.41, 5.74) is 0.618. The Morgan fingerprint density at radius 3 is 2.94 bits per heavy atom. The molecule has 3 heteroatoms. The molecule has 0 aromatic carbocycles. The van der Waals surface area contributed by atoms with E-state index >= 15 is 0 Å². The van der Waals surface area contributed by atoms with Gasteiger partial charge in [-0.3, -0.25) is 4.79 Å². The number of fused-ring (bicyclic) bond motifs is 2. The van der Waals surface area contributed by atoms with Crippen LogP contribution in [-0.2, 0) is 14.3 Å². The molecule has 0 N–H and O–H groups in total. The number of hydrogen-bond donors (Lipinski definition) is 0. The number of carbonyl (C=O) groups excluding carboxylic acids is 2. The molecule has 0 amide bonds. The fourth-order valence-corrected chi connectivity index (χ4v) is 2.02. The van der Waals surface area contributed by atoms with Crippen molar-refractivity contribution in [2.24, 2.45) is 11.8 Å². The third-order valence-corrected chi connectivity index (χ3v) is 2.83. The Hall–Kier alpha value is -1.64. The van der Waals surface area contributed by atoms with Crippen LogP contribution in [0.4, 0.5) is 0 Å². The summed E-state index contributed by atoms with van der Waals surface area (Å²) >= 11 is 0. The second-order valence-electron chi connectivity index (χ2n) is 3.92. The average molecular weight is 218 g/mol. The predicted molar refractivity (Wildman–Crippen MR) is 59.6 cm³/mol. The van der Waals surface area contributed by atoms with Gasteiger partial charge >= 0.3 is 5.97 Å². The minimum atomic E-state index is -0.298. The van der Waals surface area contributed by atoms with E-state index in [0.29, 0.717) is 18.6 Å². The lowest BCUT2D eigenvalue weighted by Gasteiger charge is -2.21. The molecule has 0 radical (unpaired) electrons. The zero-order chi connectivity index (χ0) is 11.5. The van der Waals surface area contributed by atoms with Gasteiger partial charge in [0.25, 0.3) is 0 Å². The summed E-state index contributed by atoms with van der Waals surface area (Å²) in [6, 6.07) is 0. The van der Waals surface area contributed by atoms with Gasteiger partial charge in [0.2, 0.25) is 0 Å². The summed E-state index contributed by atoms with van der Waals surface area (Å²) in [5.74, 6) is -0.579. The predicted octanol–water partition coefficient (Wildman–Crippen LogP) is 1.81. The Labute approximate surface area is 94.5 Å². The van der Waals surface area contributed by atoms with Crippen LogP contribution in [0.25, 0.3) is 0 Å². The molecule has 0 fully saturated rings. The maximum absolute atomic E-state index is 11.9. The number of ketones is 1. The van der Waals surface area contributed by atoms with Gasteiger partial charge < -0.3 is 4.74 Å². The topological polar surface area (TPSA) is 43.4 Å². The first-order valence-corrected chi connectivity index (χ1v) is 5.49. The van der Waals surface area contributed by atoms with Crippen molar-refractivity contribution >= 4 is 11.8 Å². The lowest BCUT2D eigenvalue weighted by atomic mass is 9.82. The molecule has 0 heterocycles. The minimum absolute atomic E-state index is 0.165. The molecule has 84 valence electrons. The summed E-state index contributed by atoms with van der Waals surface area (Å²) in [5, 5.41) is 0. The average Bonchev–Trinajstić information content (AvgIpc) is 2.39. The molecule has 2 atom stereocenters. The van der Waals surface area contributed by atoms with Crippen molar-refractivity contribution in [1.29, 1.82) is 0 Å². The van der Waals surface area contributed by atoms with E-state index in [1.54, 1.807) is 13.0 Å². The van der Waals surface area contributed by atoms with Gasteiger partial charge in [-0.25, -0.2) is 4.79 Å². The third-order valence-electron chi connectivity index (χ3n) is 2.83. The Bertz CT molecular complexity index is 401. The minimum Gasteiger partial charge on any atom is -0.463 e. The van der Waals surface area contributed by atoms with E-state index in [4.69, 9.17) is 4.74 Å². The SMILES string of the molecule is CCOC(=O)C1=C[C@@H]2C=CC=C[C@H](C1)C2=O. The van der Waals surface area contributed by atoms with Gasteiger partial charge in [0.05, 0.1) is 12.5 Å². The zero-order valence-corrected chi connectivity index (χ0v) is 9.18. The number of esters is 1. The van der Waals surface area contributed by atoms with Crippen LogP contribution >= 0.6 is 0 Å². The van der Waals surface area contributed by atoms with Crippen molar-refractivity contribution in [1.82, 2.24) is 0 Å². The molecule has 0 aromatic heterocycles. The Morgan fingerprint density at radius 2 is 2.19 bits per heavy atom. The number of hydrogen-bond acceptors (Lipinski definition) is 3. The van der Waals surface area contributed by atoms with Gasteiger partial charge in [0.15, 0.2) is 5.78 Å². The summed E-state index contributed by atoms with van der Waals surface area (Å²) in [6.07, 6.45) is 9.58. The smallest absolute Gasteiger partial charge is 0.333 e. The third kappa shape index (κ3) is 1.98. The zero-order valence-electron chi connectivity index (χ0n) is 9.18. The molecule has 16 heavy (non-hydrogen) atoms. The van der Waals surface area contributed by atoms with Crippen molar-refractivity contribution in [3.63, 3.8) is 0 Å². The number of carbonyl (C=O) groups is 2. The van der Waals surface area contributed by atoms with Gasteiger partial charge in [-0.15, -0.1) is 0 Å². The van der Waals surface area contributed by atoms with E-state index in [0.717, 1.165) is 0 Å². The molecule has 2 bridgehead atoms. The van der Waals surface area contributed by atoms with Crippen LogP contribution < -0.4 is 0 Å². The summed E-state index contributed by atoms with van der Waals surface area (Å²) in [6.45, 7) is 2.14. The van der Waals surface area contributed by atoms with Crippen LogP contribution in [-0.4, -0.2) is 18.4 Å². The van der Waals surface area contributed by atoms with Gasteiger partial charge in [0, 0.05) is 11.5 Å². The van der Waals surface area contributed by atoms with Crippen LogP contribution in [0.3, 0.4) is 0 Å². The maximum atomic E-state index is 11.9. The molecule has 0 saturated heterocycles. The number of Topliss-reactive ketones (excluding diaryl/α,β-unsaturated/α-hetero) is 1. The van der Waals surface area contributed by atoms with Crippen molar-refractivity contribution in [2.45, 2.75) is 13.3 Å². The molecular formula is C13H14O3. The number of allylic oxidation sites excluding steroid dienone is 5. The molecular weight excluding hydrogens is 204 g/mol. The van der Waals surface area contributed by atoms with Crippen molar-refractivity contribution < 1.29 is 14.3 Å². The molecule has 0 unspecified atom stereocenters. The van der Waals surface area contributed by atoms with Crippen LogP contribution in [0, 0.1) is 11.8 Å². The summed E-state index contributed by atoms with van der Waals surface area (Å²) < 4.78 is 4.96. The van der Waals surface area contributed by atoms with Crippen LogP contribution in [0.5, 0.6) is 0 Å². The highest BCUT2D eigenvalue weighted by atomic mass is 16.5. The molecule has 0 aliphatic heterocycles. The first-order valence-electron chi connectivity index (χ1n) is 5.49. The Morgan fingerprint density at radius 1 is 1.44 bits per heavy atom. The second kappa shape index (κ2) is 4.47. The van der Waals surface area contributed by atoms with E-state index in [9.17, 15) is 9.59 Å².